The van der Waals surface area contributed by atoms with E-state index in [2.05, 4.69) is 190 Å². The molecule has 5 nitrogen and oxygen atoms in total. The van der Waals surface area contributed by atoms with Crippen molar-refractivity contribution in [2.75, 3.05) is 0 Å². The lowest BCUT2D eigenvalue weighted by molar-refractivity contribution is 0.661. The van der Waals surface area contributed by atoms with Crippen molar-refractivity contribution in [2.24, 2.45) is 0 Å². The topological polar surface area (TPSA) is 42.9 Å². The zero-order valence-electron chi connectivity index (χ0n) is 31.8. The molecule has 3 aromatic heterocycles. The number of nitriles is 1. The van der Waals surface area contributed by atoms with Gasteiger partial charge in [0.25, 0.3) is 0 Å². The Hall–Kier alpha value is -7.86. The van der Waals surface area contributed by atoms with Crippen LogP contribution in [0.3, 0.4) is 0 Å². The van der Waals surface area contributed by atoms with Gasteiger partial charge < -0.3 is 13.7 Å². The van der Waals surface area contributed by atoms with Crippen LogP contribution in [0.2, 0.25) is 0 Å². The van der Waals surface area contributed by atoms with E-state index in [0.717, 1.165) is 71.7 Å². The molecule has 0 spiro atoms. The van der Waals surface area contributed by atoms with E-state index < -0.39 is 0 Å². The molecule has 0 unspecified atom stereocenters. The molecule has 0 atom stereocenters. The summed E-state index contributed by atoms with van der Waals surface area (Å²) in [5.41, 5.74) is 14.6. The van der Waals surface area contributed by atoms with E-state index in [1.807, 2.05) is 6.07 Å². The summed E-state index contributed by atoms with van der Waals surface area (Å²) < 4.78 is 6.93. The number of aromatic nitrogens is 3. The third kappa shape index (κ3) is 4.17. The lowest BCUT2D eigenvalue weighted by Gasteiger charge is -2.22. The minimum absolute atomic E-state index is 0.241. The van der Waals surface area contributed by atoms with Crippen LogP contribution in [0.4, 0.5) is 5.69 Å². The molecule has 12 rings (SSSR count). The third-order valence-electron chi connectivity index (χ3n) is 12.6. The summed E-state index contributed by atoms with van der Waals surface area (Å²) in [6, 6.07) is 60.4. The zero-order valence-corrected chi connectivity index (χ0v) is 31.8. The van der Waals surface area contributed by atoms with E-state index in [1.165, 1.54) is 33.0 Å². The van der Waals surface area contributed by atoms with Crippen molar-refractivity contribution < 1.29 is 0 Å². The average Bonchev–Trinajstić information content (AvgIpc) is 3.95. The summed E-state index contributed by atoms with van der Waals surface area (Å²) in [6.07, 6.45) is 0. The zero-order chi connectivity index (χ0) is 38.9. The predicted octanol–water partition coefficient (Wildman–Crippen LogP) is 13.7. The molecule has 0 fully saturated rings. The minimum atomic E-state index is -0.241. The molecule has 5 heteroatoms. The highest BCUT2D eigenvalue weighted by Gasteiger charge is 2.36. The van der Waals surface area contributed by atoms with Gasteiger partial charge in [0, 0.05) is 49.0 Å². The van der Waals surface area contributed by atoms with E-state index in [4.69, 9.17) is 6.57 Å². The second kappa shape index (κ2) is 11.6. The maximum absolute atomic E-state index is 10.5. The molecule has 0 saturated heterocycles. The first-order valence-corrected chi connectivity index (χ1v) is 19.6. The van der Waals surface area contributed by atoms with Crippen LogP contribution in [0.15, 0.2) is 164 Å². The summed E-state index contributed by atoms with van der Waals surface area (Å²) in [6.45, 7) is 13.4. The van der Waals surface area contributed by atoms with Gasteiger partial charge in [0.15, 0.2) is 0 Å². The Kier molecular flexibility index (Phi) is 6.47. The molecule has 1 aliphatic rings. The Morgan fingerprint density at radius 1 is 0.483 bits per heavy atom. The molecule has 0 N–H and O–H groups in total. The smallest absolute Gasteiger partial charge is 0.214 e. The van der Waals surface area contributed by atoms with Crippen LogP contribution in [0, 0.1) is 17.9 Å². The van der Waals surface area contributed by atoms with Gasteiger partial charge in [-0.1, -0.05) is 111 Å². The van der Waals surface area contributed by atoms with E-state index in [-0.39, 0.29) is 5.41 Å². The largest absolute Gasteiger partial charge is 0.317 e. The number of para-hydroxylation sites is 4. The monoisotopic (exact) mass is 739 g/mol. The Bertz CT molecular complexity index is 3620. The van der Waals surface area contributed by atoms with Crippen LogP contribution < -0.4 is 0 Å². The molecule has 3 heterocycles. The second-order valence-electron chi connectivity index (χ2n) is 16.0. The van der Waals surface area contributed by atoms with E-state index >= 15 is 0 Å². The second-order valence-corrected chi connectivity index (χ2v) is 16.0. The Labute approximate surface area is 334 Å². The maximum atomic E-state index is 10.5. The van der Waals surface area contributed by atoms with Crippen LogP contribution in [-0.4, -0.2) is 13.7 Å². The summed E-state index contributed by atoms with van der Waals surface area (Å²) in [5.74, 6) is 0. The molecule has 58 heavy (non-hydrogen) atoms. The van der Waals surface area contributed by atoms with Crippen molar-refractivity contribution >= 4 is 71.1 Å². The fraction of sp³-hybridized carbons (Fsp3) is 0.0566. The molecule has 270 valence electrons. The van der Waals surface area contributed by atoms with Gasteiger partial charge in [-0.3, -0.25) is 0 Å². The van der Waals surface area contributed by atoms with Crippen molar-refractivity contribution in [3.8, 4) is 34.3 Å². The highest BCUT2D eigenvalue weighted by Crippen LogP contribution is 2.52. The van der Waals surface area contributed by atoms with E-state index in [9.17, 15) is 5.26 Å². The number of hydrogen-bond acceptors (Lipinski definition) is 1. The van der Waals surface area contributed by atoms with Crippen molar-refractivity contribution in [2.45, 2.75) is 19.3 Å². The van der Waals surface area contributed by atoms with Crippen LogP contribution in [0.25, 0.3) is 98.5 Å². The summed E-state index contributed by atoms with van der Waals surface area (Å²) in [7, 11) is 0. The van der Waals surface area contributed by atoms with Crippen LogP contribution in [-0.2, 0) is 5.41 Å². The van der Waals surface area contributed by atoms with Crippen molar-refractivity contribution in [1.29, 1.82) is 5.26 Å². The van der Waals surface area contributed by atoms with Crippen LogP contribution in [0.5, 0.6) is 0 Å². The van der Waals surface area contributed by atoms with Gasteiger partial charge in [-0.2, -0.15) is 5.26 Å². The SMILES string of the molecule is [C-]#[N+]c1cc(C#N)cc(-n2c3ccccc3c3ccccc32)c1-n1c2cc3c(cc2c2cc4c5ccccc5n(-c5ccccc5)c4cc21)-c1ccccc1C3(C)C. The van der Waals surface area contributed by atoms with E-state index in [1.54, 1.807) is 6.07 Å². The normalized spacial score (nSPS) is 13.1. The van der Waals surface area contributed by atoms with Gasteiger partial charge in [0.2, 0.25) is 5.69 Å². The fourth-order valence-corrected chi connectivity index (χ4v) is 10.1. The first-order valence-electron chi connectivity index (χ1n) is 19.6. The summed E-state index contributed by atoms with van der Waals surface area (Å²) >= 11 is 0. The first kappa shape index (κ1) is 32.4. The van der Waals surface area contributed by atoms with Gasteiger partial charge in [-0.05, 0) is 89.0 Å². The Morgan fingerprint density at radius 3 is 1.72 bits per heavy atom. The van der Waals surface area contributed by atoms with Crippen LogP contribution >= 0.6 is 0 Å². The molecule has 0 amide bonds. The third-order valence-corrected chi connectivity index (χ3v) is 12.6. The molecule has 1 aliphatic carbocycles. The molecule has 8 aromatic carbocycles. The molecular formula is C53H33N5. The molecule has 0 saturated carbocycles. The first-order chi connectivity index (χ1) is 28.5. The Balaban J connectivity index is 1.31. The van der Waals surface area contributed by atoms with Gasteiger partial charge in [0.05, 0.1) is 57.1 Å². The van der Waals surface area contributed by atoms with Gasteiger partial charge in [0.1, 0.15) is 0 Å². The minimum Gasteiger partial charge on any atom is -0.317 e. The molecule has 0 radical (unpaired) electrons. The highest BCUT2D eigenvalue weighted by molar-refractivity contribution is 6.20. The number of fused-ring (bicyclic) bond motifs is 12. The molecule has 11 aromatic rings. The van der Waals surface area contributed by atoms with Gasteiger partial charge >= 0.3 is 0 Å². The summed E-state index contributed by atoms with van der Waals surface area (Å²) in [5, 5.41) is 17.3. The van der Waals surface area contributed by atoms with Gasteiger partial charge in [-0.15, -0.1) is 0 Å². The fourth-order valence-electron chi connectivity index (χ4n) is 10.1. The number of hydrogen-bond donors (Lipinski definition) is 0. The van der Waals surface area contributed by atoms with Crippen molar-refractivity contribution in [3.63, 3.8) is 0 Å². The molecule has 0 bridgehead atoms. The average molecular weight is 740 g/mol. The van der Waals surface area contributed by atoms with Crippen molar-refractivity contribution in [3.05, 3.63) is 192 Å². The summed E-state index contributed by atoms with van der Waals surface area (Å²) in [4.78, 5) is 4.23. The number of benzene rings is 8. The number of rotatable bonds is 3. The number of nitrogens with zero attached hydrogens (tertiary/aromatic N) is 5. The van der Waals surface area contributed by atoms with E-state index in [0.29, 0.717) is 11.3 Å². The van der Waals surface area contributed by atoms with Crippen molar-refractivity contribution in [1.82, 2.24) is 13.7 Å². The highest BCUT2D eigenvalue weighted by atomic mass is 15.1. The lowest BCUT2D eigenvalue weighted by Crippen LogP contribution is -2.15. The lowest BCUT2D eigenvalue weighted by atomic mass is 9.82. The quantitative estimate of drug-likeness (QED) is 0.166. The van der Waals surface area contributed by atoms with Gasteiger partial charge in [-0.25, -0.2) is 4.85 Å². The maximum Gasteiger partial charge on any atom is 0.214 e. The molecular weight excluding hydrogens is 707 g/mol. The Morgan fingerprint density at radius 2 is 1.03 bits per heavy atom. The van der Waals surface area contributed by atoms with Crippen LogP contribution in [0.1, 0.15) is 30.5 Å². The predicted molar refractivity (Wildman–Crippen MR) is 238 cm³/mol. The molecule has 0 aliphatic heterocycles. The standard InChI is InChI=1S/C53H33N5/c1-53(2)42-21-11-7-17-34(42)38-27-40-41-28-39-37-20-10-12-22-45(37)56(33-15-5-4-6-16-33)49(39)30-50(41)58(48(40)29-43(38)53)52-44(55-3)25-32(31-54)26-51(52)57-46-23-13-8-18-35(46)36-19-9-14-24-47(36)57/h4-30H,1-2H3.